The van der Waals surface area contributed by atoms with Crippen molar-refractivity contribution in [1.29, 1.82) is 0 Å². The first-order valence-electron chi connectivity index (χ1n) is 9.38. The number of fused-ring (bicyclic) bond motifs is 3. The molecule has 146 valence electrons. The Morgan fingerprint density at radius 2 is 1.59 bits per heavy atom. The first-order chi connectivity index (χ1) is 14.0. The molecule has 2 heterocycles. The lowest BCUT2D eigenvalue weighted by atomic mass is 9.71. The van der Waals surface area contributed by atoms with Crippen molar-refractivity contribution in [1.82, 2.24) is 4.31 Å². The SMILES string of the molecule is COc1ccc([C@H]2CC(=O)N3[C@]2(c2ccccc2)c2ccccc2S3(=O)=O)cc1. The van der Waals surface area contributed by atoms with Gasteiger partial charge in [0.1, 0.15) is 11.3 Å². The molecular weight excluding hydrogens is 386 g/mol. The molecule has 0 N–H and O–H groups in total. The highest BCUT2D eigenvalue weighted by atomic mass is 32.2. The van der Waals surface area contributed by atoms with Crippen LogP contribution in [0.1, 0.15) is 29.0 Å². The Hall–Kier alpha value is -3.12. The zero-order valence-corrected chi connectivity index (χ0v) is 16.6. The Kier molecular flexibility index (Phi) is 3.83. The van der Waals surface area contributed by atoms with Crippen LogP contribution in [0.15, 0.2) is 83.8 Å². The summed E-state index contributed by atoms with van der Waals surface area (Å²) in [4.78, 5) is 13.4. The fourth-order valence-electron chi connectivity index (χ4n) is 4.83. The van der Waals surface area contributed by atoms with Crippen LogP contribution in [0.2, 0.25) is 0 Å². The predicted octanol–water partition coefficient (Wildman–Crippen LogP) is 3.66. The number of hydrogen-bond donors (Lipinski definition) is 0. The summed E-state index contributed by atoms with van der Waals surface area (Å²) < 4.78 is 33.2. The number of amides is 1. The minimum absolute atomic E-state index is 0.120. The van der Waals surface area contributed by atoms with E-state index in [2.05, 4.69) is 0 Å². The first-order valence-corrected chi connectivity index (χ1v) is 10.8. The van der Waals surface area contributed by atoms with E-state index in [0.29, 0.717) is 11.3 Å². The molecule has 0 aromatic heterocycles. The molecule has 0 aliphatic carbocycles. The predicted molar refractivity (Wildman–Crippen MR) is 108 cm³/mol. The molecule has 0 radical (unpaired) electrons. The molecule has 6 heteroatoms. The van der Waals surface area contributed by atoms with Crippen LogP contribution in [-0.2, 0) is 20.4 Å². The highest BCUT2D eigenvalue weighted by Gasteiger charge is 2.65. The van der Waals surface area contributed by atoms with Crippen molar-refractivity contribution in [3.05, 3.63) is 95.6 Å². The van der Waals surface area contributed by atoms with E-state index >= 15 is 0 Å². The summed E-state index contributed by atoms with van der Waals surface area (Å²) in [5.74, 6) is -0.0178. The van der Waals surface area contributed by atoms with E-state index in [1.807, 2.05) is 66.7 Å². The summed E-state index contributed by atoms with van der Waals surface area (Å²) in [5.41, 5.74) is 1.25. The van der Waals surface area contributed by atoms with E-state index < -0.39 is 15.6 Å². The molecule has 29 heavy (non-hydrogen) atoms. The normalized spacial score (nSPS) is 24.2. The van der Waals surface area contributed by atoms with Gasteiger partial charge in [-0.25, -0.2) is 12.7 Å². The van der Waals surface area contributed by atoms with Gasteiger partial charge in [-0.15, -0.1) is 0 Å². The van der Waals surface area contributed by atoms with Crippen molar-refractivity contribution in [3.63, 3.8) is 0 Å². The van der Waals surface area contributed by atoms with E-state index in [4.69, 9.17) is 4.74 Å². The van der Waals surface area contributed by atoms with E-state index in [0.717, 1.165) is 15.4 Å². The maximum Gasteiger partial charge on any atom is 0.268 e. The van der Waals surface area contributed by atoms with Crippen LogP contribution in [0.4, 0.5) is 0 Å². The molecule has 1 amide bonds. The van der Waals surface area contributed by atoms with Crippen LogP contribution < -0.4 is 4.74 Å². The molecule has 2 aliphatic heterocycles. The minimum Gasteiger partial charge on any atom is -0.497 e. The number of methoxy groups -OCH3 is 1. The number of sulfonamides is 1. The van der Waals surface area contributed by atoms with Gasteiger partial charge in [0, 0.05) is 17.9 Å². The van der Waals surface area contributed by atoms with Crippen molar-refractivity contribution in [3.8, 4) is 5.75 Å². The number of carbonyl (C=O) groups is 1. The second-order valence-electron chi connectivity index (χ2n) is 7.32. The highest BCUT2D eigenvalue weighted by molar-refractivity contribution is 7.90. The molecule has 0 spiro atoms. The van der Waals surface area contributed by atoms with Crippen LogP contribution in [0.5, 0.6) is 5.75 Å². The van der Waals surface area contributed by atoms with Gasteiger partial charge in [-0.05, 0) is 29.3 Å². The minimum atomic E-state index is -3.93. The molecule has 2 aliphatic rings. The van der Waals surface area contributed by atoms with Crippen molar-refractivity contribution < 1.29 is 17.9 Å². The van der Waals surface area contributed by atoms with Gasteiger partial charge in [0.2, 0.25) is 5.91 Å². The molecule has 5 nitrogen and oxygen atoms in total. The summed E-state index contributed by atoms with van der Waals surface area (Å²) in [5, 5.41) is 0. The Morgan fingerprint density at radius 3 is 2.28 bits per heavy atom. The number of carbonyl (C=O) groups excluding carboxylic acids is 1. The number of benzene rings is 3. The fourth-order valence-corrected chi connectivity index (χ4v) is 6.83. The van der Waals surface area contributed by atoms with Gasteiger partial charge >= 0.3 is 0 Å². The molecule has 0 saturated carbocycles. The Bertz CT molecular complexity index is 1210. The lowest BCUT2D eigenvalue weighted by molar-refractivity contribution is -0.125. The maximum atomic E-state index is 13.4. The van der Waals surface area contributed by atoms with Crippen molar-refractivity contribution in [2.24, 2.45) is 0 Å². The number of nitrogens with zero attached hydrogens (tertiary/aromatic N) is 1. The number of rotatable bonds is 3. The van der Waals surface area contributed by atoms with Crippen LogP contribution >= 0.6 is 0 Å². The van der Waals surface area contributed by atoms with Crippen molar-refractivity contribution in [2.75, 3.05) is 7.11 Å². The van der Waals surface area contributed by atoms with Gasteiger partial charge < -0.3 is 4.74 Å². The number of hydrogen-bond acceptors (Lipinski definition) is 4. The molecule has 3 aromatic rings. The van der Waals surface area contributed by atoms with Crippen molar-refractivity contribution >= 4 is 15.9 Å². The quantitative estimate of drug-likeness (QED) is 0.667. The molecule has 2 atom stereocenters. The molecule has 0 unspecified atom stereocenters. The first kappa shape index (κ1) is 17.9. The van der Waals surface area contributed by atoms with Gasteiger partial charge in [0.25, 0.3) is 10.0 Å². The van der Waals surface area contributed by atoms with E-state index in [9.17, 15) is 13.2 Å². The zero-order valence-electron chi connectivity index (χ0n) is 15.8. The third-order valence-electron chi connectivity index (χ3n) is 5.98. The average molecular weight is 405 g/mol. The average Bonchev–Trinajstić information content (AvgIpc) is 3.19. The Balaban J connectivity index is 1.85. The topological polar surface area (TPSA) is 63.7 Å². The molecule has 5 rings (SSSR count). The summed E-state index contributed by atoms with van der Waals surface area (Å²) >= 11 is 0. The third-order valence-corrected chi connectivity index (χ3v) is 7.86. The second kappa shape index (κ2) is 6.19. The molecule has 1 fully saturated rings. The molecule has 3 aromatic carbocycles. The standard InChI is InChI=1S/C23H19NO4S/c1-28-18-13-11-16(12-14-18)20-15-22(25)24-23(20,17-7-3-2-4-8-17)19-9-5-6-10-21(19)29(24,26)27/h2-14,20H,15H2,1H3/t20-,23-/m1/s1. The summed E-state index contributed by atoms with van der Waals surface area (Å²) in [7, 11) is -2.34. The Morgan fingerprint density at radius 1 is 0.931 bits per heavy atom. The monoisotopic (exact) mass is 405 g/mol. The summed E-state index contributed by atoms with van der Waals surface area (Å²) in [6, 6.07) is 23.9. The largest absolute Gasteiger partial charge is 0.497 e. The van der Waals surface area contributed by atoms with Crippen LogP contribution in [0.25, 0.3) is 0 Å². The molecule has 0 bridgehead atoms. The van der Waals surface area contributed by atoms with Crippen LogP contribution in [0, 0.1) is 0 Å². The molecular formula is C23H19NO4S. The van der Waals surface area contributed by atoms with Crippen molar-refractivity contribution in [2.45, 2.75) is 22.8 Å². The zero-order chi connectivity index (χ0) is 20.2. The molecule has 1 saturated heterocycles. The Labute approximate surface area is 169 Å². The summed E-state index contributed by atoms with van der Waals surface area (Å²) in [6.45, 7) is 0. The third kappa shape index (κ3) is 2.26. The van der Waals surface area contributed by atoms with Gasteiger partial charge in [0.05, 0.1) is 12.0 Å². The smallest absolute Gasteiger partial charge is 0.268 e. The van der Waals surface area contributed by atoms with Gasteiger partial charge in [-0.3, -0.25) is 4.79 Å². The highest BCUT2D eigenvalue weighted by Crippen LogP contribution is 2.60. The lowest BCUT2D eigenvalue weighted by Gasteiger charge is -2.37. The van der Waals surface area contributed by atoms with E-state index in [-0.39, 0.29) is 23.1 Å². The van der Waals surface area contributed by atoms with Gasteiger partial charge in [-0.2, -0.15) is 0 Å². The summed E-state index contributed by atoms with van der Waals surface area (Å²) in [6.07, 6.45) is 0.120. The number of ether oxygens (including phenoxy) is 1. The van der Waals surface area contributed by atoms with Gasteiger partial charge in [0.15, 0.2) is 0 Å². The van der Waals surface area contributed by atoms with E-state index in [1.165, 1.54) is 0 Å². The van der Waals surface area contributed by atoms with Crippen LogP contribution in [-0.4, -0.2) is 25.7 Å². The second-order valence-corrected chi connectivity index (χ2v) is 9.08. The van der Waals surface area contributed by atoms with Gasteiger partial charge in [-0.1, -0.05) is 60.7 Å². The maximum absolute atomic E-state index is 13.4. The van der Waals surface area contributed by atoms with E-state index in [1.54, 1.807) is 19.2 Å². The van der Waals surface area contributed by atoms with Crippen LogP contribution in [0.3, 0.4) is 0 Å². The lowest BCUT2D eigenvalue weighted by Crippen LogP contribution is -2.44. The fraction of sp³-hybridized carbons (Fsp3) is 0.174.